The van der Waals surface area contributed by atoms with Crippen molar-refractivity contribution in [2.75, 3.05) is 26.2 Å². The predicted octanol–water partition coefficient (Wildman–Crippen LogP) is 2.96. The van der Waals surface area contributed by atoms with Gasteiger partial charge < -0.3 is 4.90 Å². The molecule has 0 spiro atoms. The Labute approximate surface area is 171 Å². The second kappa shape index (κ2) is 8.31. The number of aryl methyl sites for hydroxylation is 2. The van der Waals surface area contributed by atoms with Crippen molar-refractivity contribution in [2.45, 2.75) is 44.9 Å². The van der Waals surface area contributed by atoms with Crippen LogP contribution in [0.3, 0.4) is 0 Å². The molecule has 1 fully saturated rings. The lowest BCUT2D eigenvalue weighted by Gasteiger charge is -2.34. The number of nitrogens with zero attached hydrogens (tertiary/aromatic N) is 3. The molecule has 8 heteroatoms. The van der Waals surface area contributed by atoms with E-state index in [-0.39, 0.29) is 12.3 Å². The number of rotatable bonds is 5. The Hall–Kier alpha value is -1.77. The Morgan fingerprint density at radius 1 is 1.14 bits per heavy atom. The maximum atomic E-state index is 12.9. The average molecular weight is 422 g/mol. The van der Waals surface area contributed by atoms with E-state index in [1.165, 1.54) is 4.31 Å². The fourth-order valence-electron chi connectivity index (χ4n) is 3.14. The third kappa shape index (κ3) is 4.45. The number of aromatic nitrogens is 1. The molecule has 0 atom stereocenters. The van der Waals surface area contributed by atoms with Crippen LogP contribution in [0.2, 0.25) is 0 Å². The van der Waals surface area contributed by atoms with Crippen LogP contribution in [-0.4, -0.2) is 54.7 Å². The summed E-state index contributed by atoms with van der Waals surface area (Å²) in [5.41, 5.74) is 2.82. The first-order chi connectivity index (χ1) is 13.2. The van der Waals surface area contributed by atoms with Gasteiger partial charge in [0, 0.05) is 37.5 Å². The molecule has 1 aliphatic heterocycles. The highest BCUT2D eigenvalue weighted by Crippen LogP contribution is 2.22. The molecule has 2 aromatic rings. The highest BCUT2D eigenvalue weighted by Gasteiger charge is 2.30. The minimum absolute atomic E-state index is 0.00355. The molecule has 1 amide bonds. The van der Waals surface area contributed by atoms with E-state index >= 15 is 0 Å². The zero-order chi connectivity index (χ0) is 20.5. The van der Waals surface area contributed by atoms with Crippen molar-refractivity contribution >= 4 is 27.3 Å². The summed E-state index contributed by atoms with van der Waals surface area (Å²) in [6.45, 7) is 9.48. The van der Waals surface area contributed by atoms with Gasteiger partial charge in [-0.3, -0.25) is 4.79 Å². The van der Waals surface area contributed by atoms with Crippen molar-refractivity contribution in [3.05, 3.63) is 45.4 Å². The molecular weight excluding hydrogens is 394 g/mol. The number of hydrogen-bond acceptors (Lipinski definition) is 5. The standard InChI is InChI=1S/C20H27N3O3S2/c1-14(2)20-21-17(13-27-20)12-19(24)22-7-9-23(10-8-22)28(25,26)18-6-5-15(3)16(4)11-18/h5-6,11,13-14H,7-10,12H2,1-4H3. The van der Waals surface area contributed by atoms with Crippen molar-refractivity contribution in [1.82, 2.24) is 14.2 Å². The van der Waals surface area contributed by atoms with E-state index in [0.717, 1.165) is 21.8 Å². The number of carbonyl (C=O) groups excluding carboxylic acids is 1. The van der Waals surface area contributed by atoms with Crippen molar-refractivity contribution in [2.24, 2.45) is 0 Å². The van der Waals surface area contributed by atoms with Gasteiger partial charge >= 0.3 is 0 Å². The summed E-state index contributed by atoms with van der Waals surface area (Å²) in [4.78, 5) is 19.2. The van der Waals surface area contributed by atoms with Gasteiger partial charge in [-0.05, 0) is 37.1 Å². The molecule has 2 heterocycles. The average Bonchev–Trinajstić information content (AvgIpc) is 3.13. The molecular formula is C20H27N3O3S2. The van der Waals surface area contributed by atoms with Crippen molar-refractivity contribution in [3.63, 3.8) is 0 Å². The van der Waals surface area contributed by atoms with E-state index in [2.05, 4.69) is 18.8 Å². The third-order valence-corrected chi connectivity index (χ3v) is 8.19. The van der Waals surface area contributed by atoms with Gasteiger partial charge in [0.25, 0.3) is 0 Å². The number of piperazine rings is 1. The number of benzene rings is 1. The highest BCUT2D eigenvalue weighted by molar-refractivity contribution is 7.89. The second-order valence-corrected chi connectivity index (χ2v) is 10.4. The van der Waals surface area contributed by atoms with E-state index in [1.807, 2.05) is 25.3 Å². The summed E-state index contributed by atoms with van der Waals surface area (Å²) >= 11 is 1.58. The molecule has 0 saturated carbocycles. The van der Waals surface area contributed by atoms with Crippen molar-refractivity contribution in [3.8, 4) is 0 Å². The Morgan fingerprint density at radius 3 is 2.39 bits per heavy atom. The topological polar surface area (TPSA) is 70.6 Å². The fraction of sp³-hybridized carbons (Fsp3) is 0.500. The molecule has 1 saturated heterocycles. The molecule has 6 nitrogen and oxygen atoms in total. The van der Waals surface area contributed by atoms with Gasteiger partial charge in [-0.1, -0.05) is 19.9 Å². The van der Waals surface area contributed by atoms with E-state index in [4.69, 9.17) is 0 Å². The second-order valence-electron chi connectivity index (χ2n) is 7.54. The number of sulfonamides is 1. The molecule has 0 radical (unpaired) electrons. The van der Waals surface area contributed by atoms with Crippen LogP contribution in [0.1, 0.15) is 41.6 Å². The Balaban J connectivity index is 1.61. The van der Waals surface area contributed by atoms with E-state index in [1.54, 1.807) is 28.4 Å². The summed E-state index contributed by atoms with van der Waals surface area (Å²) < 4.78 is 27.3. The molecule has 28 heavy (non-hydrogen) atoms. The molecule has 1 aliphatic rings. The summed E-state index contributed by atoms with van der Waals surface area (Å²) in [5.74, 6) is 0.358. The summed E-state index contributed by atoms with van der Waals surface area (Å²) in [6, 6.07) is 5.21. The Bertz CT molecular complexity index is 959. The number of carbonyl (C=O) groups is 1. The maximum Gasteiger partial charge on any atom is 0.243 e. The van der Waals surface area contributed by atoms with Gasteiger partial charge in [0.05, 0.1) is 22.0 Å². The van der Waals surface area contributed by atoms with Crippen LogP contribution >= 0.6 is 11.3 Å². The Morgan fingerprint density at radius 2 is 1.82 bits per heavy atom. The summed E-state index contributed by atoms with van der Waals surface area (Å²) in [5, 5.41) is 2.97. The van der Waals surface area contributed by atoms with Crippen LogP contribution in [-0.2, 0) is 21.2 Å². The largest absolute Gasteiger partial charge is 0.340 e. The first kappa shape index (κ1) is 21.0. The Kier molecular flexibility index (Phi) is 6.21. The minimum Gasteiger partial charge on any atom is -0.340 e. The van der Waals surface area contributed by atoms with Crippen LogP contribution in [0.4, 0.5) is 0 Å². The molecule has 1 aromatic heterocycles. The number of amides is 1. The number of thiazole rings is 1. The first-order valence-corrected chi connectivity index (χ1v) is 11.8. The normalized spacial score (nSPS) is 16.0. The van der Waals surface area contributed by atoms with Crippen LogP contribution in [0.15, 0.2) is 28.5 Å². The first-order valence-electron chi connectivity index (χ1n) is 9.48. The van der Waals surface area contributed by atoms with Gasteiger partial charge in [0.15, 0.2) is 0 Å². The van der Waals surface area contributed by atoms with E-state index < -0.39 is 10.0 Å². The number of hydrogen-bond donors (Lipinski definition) is 0. The van der Waals surface area contributed by atoms with Crippen LogP contribution in [0.25, 0.3) is 0 Å². The lowest BCUT2D eigenvalue weighted by molar-refractivity contribution is -0.131. The van der Waals surface area contributed by atoms with Gasteiger partial charge in [0.1, 0.15) is 0 Å². The summed E-state index contributed by atoms with van der Waals surface area (Å²) in [6.07, 6.45) is 0.271. The maximum absolute atomic E-state index is 12.9. The van der Waals surface area contributed by atoms with Crippen molar-refractivity contribution in [1.29, 1.82) is 0 Å². The highest BCUT2D eigenvalue weighted by atomic mass is 32.2. The van der Waals surface area contributed by atoms with Gasteiger partial charge in [-0.25, -0.2) is 13.4 Å². The monoisotopic (exact) mass is 421 g/mol. The lowest BCUT2D eigenvalue weighted by atomic mass is 10.1. The zero-order valence-electron chi connectivity index (χ0n) is 16.8. The molecule has 1 aromatic carbocycles. The fourth-order valence-corrected chi connectivity index (χ4v) is 5.48. The predicted molar refractivity (Wildman–Crippen MR) is 111 cm³/mol. The summed E-state index contributed by atoms with van der Waals surface area (Å²) in [7, 11) is -3.53. The molecule has 0 N–H and O–H groups in total. The van der Waals surface area contributed by atoms with E-state index in [0.29, 0.717) is 37.0 Å². The molecule has 0 unspecified atom stereocenters. The quantitative estimate of drug-likeness (QED) is 0.744. The molecule has 3 rings (SSSR count). The minimum atomic E-state index is -3.53. The molecule has 152 valence electrons. The van der Waals surface area contributed by atoms with E-state index in [9.17, 15) is 13.2 Å². The van der Waals surface area contributed by atoms with Crippen LogP contribution in [0.5, 0.6) is 0 Å². The van der Waals surface area contributed by atoms with Crippen LogP contribution in [0, 0.1) is 13.8 Å². The smallest absolute Gasteiger partial charge is 0.243 e. The van der Waals surface area contributed by atoms with Gasteiger partial charge in [0.2, 0.25) is 15.9 Å². The molecule has 0 bridgehead atoms. The molecule has 0 aliphatic carbocycles. The van der Waals surface area contributed by atoms with Crippen LogP contribution < -0.4 is 0 Å². The van der Waals surface area contributed by atoms with Gasteiger partial charge in [-0.15, -0.1) is 11.3 Å². The van der Waals surface area contributed by atoms with Gasteiger partial charge in [-0.2, -0.15) is 4.31 Å². The third-order valence-electron chi connectivity index (χ3n) is 5.10. The SMILES string of the molecule is Cc1ccc(S(=O)(=O)N2CCN(C(=O)Cc3csc(C(C)C)n3)CC2)cc1C. The zero-order valence-corrected chi connectivity index (χ0v) is 18.4. The lowest BCUT2D eigenvalue weighted by Crippen LogP contribution is -2.50. The van der Waals surface area contributed by atoms with Crippen molar-refractivity contribution < 1.29 is 13.2 Å².